The molecule has 2 aliphatic rings. The Morgan fingerprint density at radius 1 is 1.03 bits per heavy atom. The molecule has 2 N–H and O–H groups in total. The largest absolute Gasteiger partial charge is 0.353 e. The number of hydrogen-bond acceptors (Lipinski definition) is 4. The average Bonchev–Trinajstić information content (AvgIpc) is 3.12. The lowest BCUT2D eigenvalue weighted by Crippen LogP contribution is -2.43. The third-order valence-corrected chi connectivity index (χ3v) is 6.61. The fourth-order valence-electron chi connectivity index (χ4n) is 4.03. The summed E-state index contributed by atoms with van der Waals surface area (Å²) in [4.78, 5) is 16.6. The Morgan fingerprint density at radius 2 is 1.79 bits per heavy atom. The van der Waals surface area contributed by atoms with Gasteiger partial charge in [0.1, 0.15) is 11.2 Å². The molecule has 0 aliphatic carbocycles. The van der Waals surface area contributed by atoms with E-state index in [0.717, 1.165) is 42.2 Å². The highest BCUT2D eigenvalue weighted by atomic mass is 32.1. The molecule has 3 aromatic rings. The third kappa shape index (κ3) is 3.84. The third-order valence-electron chi connectivity index (χ3n) is 5.47. The molecule has 29 heavy (non-hydrogen) atoms. The lowest BCUT2D eigenvalue weighted by molar-refractivity contribution is 0.0942. The zero-order chi connectivity index (χ0) is 19.6. The van der Waals surface area contributed by atoms with E-state index in [1.54, 1.807) is 11.3 Å². The fraction of sp³-hybridized carbons (Fsp3) is 0.208. The number of nitrogens with zero attached hydrogens (tertiary/aromatic N) is 1. The number of carbonyl (C=O) groups excluding carboxylic acids is 1. The Kier molecular flexibility index (Phi) is 4.92. The first-order valence-corrected chi connectivity index (χ1v) is 10.8. The second-order valence-corrected chi connectivity index (χ2v) is 8.62. The number of thiophene rings is 1. The molecule has 5 rings (SSSR count). The Morgan fingerprint density at radius 3 is 2.59 bits per heavy atom. The van der Waals surface area contributed by atoms with E-state index in [0.29, 0.717) is 0 Å². The van der Waals surface area contributed by atoms with Crippen molar-refractivity contribution in [2.45, 2.75) is 25.7 Å². The maximum absolute atomic E-state index is 12.8. The summed E-state index contributed by atoms with van der Waals surface area (Å²) in [6.45, 7) is 2.84. The predicted octanol–water partition coefficient (Wildman–Crippen LogP) is 4.50. The van der Waals surface area contributed by atoms with Crippen molar-refractivity contribution in [2.24, 2.45) is 0 Å². The van der Waals surface area contributed by atoms with Crippen molar-refractivity contribution in [3.8, 4) is 0 Å². The zero-order valence-corrected chi connectivity index (χ0v) is 16.9. The lowest BCUT2D eigenvalue weighted by Gasteiger charge is -2.28. The number of amides is 1. The topological polar surface area (TPSA) is 44.4 Å². The van der Waals surface area contributed by atoms with Crippen LogP contribution in [0.1, 0.15) is 31.9 Å². The maximum Gasteiger partial charge on any atom is 0.256 e. The van der Waals surface area contributed by atoms with Crippen LogP contribution in [0.4, 0.5) is 5.00 Å². The van der Waals surface area contributed by atoms with Crippen LogP contribution in [0.15, 0.2) is 66.7 Å². The number of hydrogen-bond donors (Lipinski definition) is 2. The molecular weight excluding hydrogens is 378 g/mol. The van der Waals surface area contributed by atoms with Gasteiger partial charge < -0.3 is 10.6 Å². The molecule has 0 spiro atoms. The van der Waals surface area contributed by atoms with Gasteiger partial charge >= 0.3 is 0 Å². The monoisotopic (exact) mass is 401 g/mol. The predicted molar refractivity (Wildman–Crippen MR) is 119 cm³/mol. The normalized spacial score (nSPS) is 18.8. The van der Waals surface area contributed by atoms with Gasteiger partial charge in [-0.15, -0.1) is 11.3 Å². The highest BCUT2D eigenvalue weighted by Crippen LogP contribution is 2.39. The van der Waals surface area contributed by atoms with Crippen molar-refractivity contribution in [3.05, 3.63) is 93.9 Å². The van der Waals surface area contributed by atoms with Crippen molar-refractivity contribution in [3.63, 3.8) is 0 Å². The van der Waals surface area contributed by atoms with Gasteiger partial charge in [-0.25, -0.2) is 0 Å². The standard InChI is InChI=1S/C24H23N3OS/c28-23-22-19-13-14-27(15-18-9-5-2-6-10-18)16-20(19)29-24(22)26-21(25-23)12-11-17-7-3-1-4-8-17/h1-12,21,26H,13-16H2,(H,25,28)/b12-11-. The zero-order valence-electron chi connectivity index (χ0n) is 16.1. The molecule has 1 unspecified atom stereocenters. The molecule has 146 valence electrons. The van der Waals surface area contributed by atoms with Gasteiger partial charge in [0.2, 0.25) is 0 Å². The molecule has 4 nitrogen and oxygen atoms in total. The van der Waals surface area contributed by atoms with Gasteiger partial charge in [-0.05, 0) is 29.2 Å². The van der Waals surface area contributed by atoms with E-state index < -0.39 is 0 Å². The molecular formula is C24H23N3OS. The molecule has 0 saturated heterocycles. The first kappa shape index (κ1) is 18.2. The highest BCUT2D eigenvalue weighted by molar-refractivity contribution is 7.16. The maximum atomic E-state index is 12.8. The van der Waals surface area contributed by atoms with Crippen molar-refractivity contribution in [1.82, 2.24) is 10.2 Å². The molecule has 1 amide bonds. The average molecular weight is 402 g/mol. The molecule has 1 atom stereocenters. The van der Waals surface area contributed by atoms with Crippen LogP contribution in [0.3, 0.4) is 0 Å². The van der Waals surface area contributed by atoms with Gasteiger partial charge in [-0.3, -0.25) is 9.69 Å². The minimum atomic E-state index is -0.185. The van der Waals surface area contributed by atoms with Gasteiger partial charge in [0, 0.05) is 24.5 Å². The number of nitrogens with one attached hydrogen (secondary N) is 2. The van der Waals surface area contributed by atoms with Gasteiger partial charge in [-0.1, -0.05) is 66.7 Å². The van der Waals surface area contributed by atoms with Gasteiger partial charge in [-0.2, -0.15) is 0 Å². The Labute approximate surface area is 174 Å². The minimum absolute atomic E-state index is 0.0375. The Bertz CT molecular complexity index is 1040. The minimum Gasteiger partial charge on any atom is -0.353 e. The number of carbonyl (C=O) groups is 1. The van der Waals surface area contributed by atoms with E-state index in [9.17, 15) is 4.79 Å². The molecule has 2 aromatic carbocycles. The number of rotatable bonds is 4. The van der Waals surface area contributed by atoms with Crippen LogP contribution in [0.25, 0.3) is 6.08 Å². The summed E-state index contributed by atoms with van der Waals surface area (Å²) in [7, 11) is 0. The quantitative estimate of drug-likeness (QED) is 0.676. The number of anilines is 1. The molecule has 1 aromatic heterocycles. The molecule has 0 saturated carbocycles. The SMILES string of the molecule is O=C1NC(/C=C\c2ccccc2)Nc2sc3c(c21)CCN(Cc1ccccc1)C3. The molecule has 2 aliphatic heterocycles. The molecule has 0 fully saturated rings. The van der Waals surface area contributed by atoms with E-state index in [4.69, 9.17) is 0 Å². The summed E-state index contributed by atoms with van der Waals surface area (Å²) < 4.78 is 0. The number of fused-ring (bicyclic) bond motifs is 3. The Balaban J connectivity index is 1.32. The lowest BCUT2D eigenvalue weighted by atomic mass is 10.0. The van der Waals surface area contributed by atoms with Crippen LogP contribution in [-0.4, -0.2) is 23.5 Å². The summed E-state index contributed by atoms with van der Waals surface area (Å²) in [6, 6.07) is 20.7. The number of benzene rings is 2. The van der Waals surface area contributed by atoms with E-state index >= 15 is 0 Å². The molecule has 0 radical (unpaired) electrons. The molecule has 0 bridgehead atoms. The summed E-state index contributed by atoms with van der Waals surface area (Å²) in [6.07, 6.45) is 4.79. The van der Waals surface area contributed by atoms with Crippen LogP contribution >= 0.6 is 11.3 Å². The van der Waals surface area contributed by atoms with E-state index in [1.807, 2.05) is 30.4 Å². The highest BCUT2D eigenvalue weighted by Gasteiger charge is 2.32. The van der Waals surface area contributed by atoms with Crippen molar-refractivity contribution in [2.75, 3.05) is 11.9 Å². The molecule has 3 heterocycles. The van der Waals surface area contributed by atoms with Crippen molar-refractivity contribution < 1.29 is 4.79 Å². The Hall–Kier alpha value is -2.89. The molecule has 5 heteroatoms. The smallest absolute Gasteiger partial charge is 0.256 e. The second-order valence-electron chi connectivity index (χ2n) is 7.52. The van der Waals surface area contributed by atoms with Gasteiger partial charge in [0.25, 0.3) is 5.91 Å². The van der Waals surface area contributed by atoms with Crippen LogP contribution in [0.5, 0.6) is 0 Å². The first-order chi connectivity index (χ1) is 14.3. The van der Waals surface area contributed by atoms with Crippen LogP contribution in [-0.2, 0) is 19.5 Å². The van der Waals surface area contributed by atoms with Gasteiger partial charge in [0.05, 0.1) is 5.56 Å². The summed E-state index contributed by atoms with van der Waals surface area (Å²) in [5.41, 5.74) is 4.54. The van der Waals surface area contributed by atoms with E-state index in [-0.39, 0.29) is 12.1 Å². The first-order valence-electron chi connectivity index (χ1n) is 9.98. The van der Waals surface area contributed by atoms with Gasteiger partial charge in [0.15, 0.2) is 0 Å². The summed E-state index contributed by atoms with van der Waals surface area (Å²) in [5, 5.41) is 7.59. The van der Waals surface area contributed by atoms with E-state index in [2.05, 4.69) is 58.0 Å². The van der Waals surface area contributed by atoms with Crippen LogP contribution in [0.2, 0.25) is 0 Å². The van der Waals surface area contributed by atoms with Crippen molar-refractivity contribution >= 4 is 28.3 Å². The van der Waals surface area contributed by atoms with Crippen LogP contribution < -0.4 is 10.6 Å². The second kappa shape index (κ2) is 7.85. The van der Waals surface area contributed by atoms with E-state index in [1.165, 1.54) is 16.0 Å². The van der Waals surface area contributed by atoms with Crippen LogP contribution in [0, 0.1) is 0 Å². The van der Waals surface area contributed by atoms with Crippen molar-refractivity contribution in [1.29, 1.82) is 0 Å². The summed E-state index contributed by atoms with van der Waals surface area (Å²) in [5.74, 6) is 0.0375. The summed E-state index contributed by atoms with van der Waals surface area (Å²) >= 11 is 1.73. The fourth-order valence-corrected chi connectivity index (χ4v) is 5.36.